The van der Waals surface area contributed by atoms with Crippen molar-refractivity contribution in [3.63, 3.8) is 0 Å². The van der Waals surface area contributed by atoms with Crippen molar-refractivity contribution in [3.05, 3.63) is 0 Å². The molecule has 0 aromatic rings. The predicted molar refractivity (Wildman–Crippen MR) is 73.5 cm³/mol. The standard InChI is InChI=1S/C10H19N3O2.HI/c1-8-5-11-9(13-8)12-6-10(14-2)3-4-15-7-10;/h8H,3-7H2,1-2H3,(H2,11,12,13);1H. The molecule has 5 nitrogen and oxygen atoms in total. The fourth-order valence-corrected chi connectivity index (χ4v) is 1.87. The second-order valence-corrected chi connectivity index (χ2v) is 4.28. The first-order valence-electron chi connectivity index (χ1n) is 5.42. The van der Waals surface area contributed by atoms with E-state index in [1.54, 1.807) is 7.11 Å². The van der Waals surface area contributed by atoms with Gasteiger partial charge in [0.05, 0.1) is 13.2 Å². The Hall–Kier alpha value is -0.0800. The summed E-state index contributed by atoms with van der Waals surface area (Å²) in [5, 5.41) is 6.54. The normalized spacial score (nSPS) is 32.9. The highest BCUT2D eigenvalue weighted by Gasteiger charge is 2.35. The van der Waals surface area contributed by atoms with E-state index in [0.717, 1.165) is 32.1 Å². The number of hydrogen-bond donors (Lipinski definition) is 2. The lowest BCUT2D eigenvalue weighted by Gasteiger charge is -2.26. The zero-order chi connectivity index (χ0) is 10.7. The minimum absolute atomic E-state index is 0. The maximum Gasteiger partial charge on any atom is 0.191 e. The second-order valence-electron chi connectivity index (χ2n) is 4.28. The highest BCUT2D eigenvalue weighted by molar-refractivity contribution is 14.0. The van der Waals surface area contributed by atoms with E-state index in [1.807, 2.05) is 0 Å². The Kier molecular flexibility index (Phi) is 5.26. The van der Waals surface area contributed by atoms with Crippen LogP contribution in [0.15, 0.2) is 4.99 Å². The quantitative estimate of drug-likeness (QED) is 0.728. The van der Waals surface area contributed by atoms with Gasteiger partial charge >= 0.3 is 0 Å². The van der Waals surface area contributed by atoms with E-state index >= 15 is 0 Å². The molecule has 6 heteroatoms. The molecule has 1 fully saturated rings. The summed E-state index contributed by atoms with van der Waals surface area (Å²) in [4.78, 5) is 4.34. The van der Waals surface area contributed by atoms with E-state index in [9.17, 15) is 0 Å². The minimum atomic E-state index is -0.171. The van der Waals surface area contributed by atoms with Gasteiger partial charge in [-0.05, 0) is 6.92 Å². The van der Waals surface area contributed by atoms with Crippen molar-refractivity contribution in [2.75, 3.05) is 33.4 Å². The molecule has 2 N–H and O–H groups in total. The summed E-state index contributed by atoms with van der Waals surface area (Å²) in [6, 6.07) is 0.436. The smallest absolute Gasteiger partial charge is 0.191 e. The first-order chi connectivity index (χ1) is 7.24. The van der Waals surface area contributed by atoms with Gasteiger partial charge in [-0.2, -0.15) is 0 Å². The van der Waals surface area contributed by atoms with Gasteiger partial charge in [0.2, 0.25) is 0 Å². The van der Waals surface area contributed by atoms with Gasteiger partial charge in [0.25, 0.3) is 0 Å². The molecule has 2 aliphatic rings. The highest BCUT2D eigenvalue weighted by atomic mass is 127. The van der Waals surface area contributed by atoms with Gasteiger partial charge < -0.3 is 20.1 Å². The molecule has 2 atom stereocenters. The molecule has 0 aliphatic carbocycles. The van der Waals surface area contributed by atoms with Crippen LogP contribution >= 0.6 is 24.0 Å². The molecule has 0 aromatic heterocycles. The lowest BCUT2D eigenvalue weighted by Crippen LogP contribution is -2.48. The van der Waals surface area contributed by atoms with Crippen LogP contribution in [-0.4, -0.2) is 51.0 Å². The number of halogens is 1. The molecule has 0 radical (unpaired) electrons. The number of ether oxygens (including phenoxy) is 2. The average molecular weight is 341 g/mol. The van der Waals surface area contributed by atoms with Crippen LogP contribution in [0.1, 0.15) is 13.3 Å². The van der Waals surface area contributed by atoms with Crippen LogP contribution in [0, 0.1) is 0 Å². The zero-order valence-electron chi connectivity index (χ0n) is 9.78. The number of nitrogens with zero attached hydrogens (tertiary/aromatic N) is 1. The van der Waals surface area contributed by atoms with Crippen molar-refractivity contribution in [2.24, 2.45) is 4.99 Å². The van der Waals surface area contributed by atoms with Crippen LogP contribution in [0.4, 0.5) is 0 Å². The first kappa shape index (κ1) is 14.0. The van der Waals surface area contributed by atoms with Crippen molar-refractivity contribution in [2.45, 2.75) is 25.0 Å². The van der Waals surface area contributed by atoms with Crippen LogP contribution < -0.4 is 10.6 Å². The van der Waals surface area contributed by atoms with Crippen LogP contribution in [-0.2, 0) is 9.47 Å². The predicted octanol–water partition coefficient (Wildman–Crippen LogP) is 0.347. The number of methoxy groups -OCH3 is 1. The van der Waals surface area contributed by atoms with E-state index in [2.05, 4.69) is 22.5 Å². The van der Waals surface area contributed by atoms with E-state index in [-0.39, 0.29) is 29.6 Å². The summed E-state index contributed by atoms with van der Waals surface area (Å²) in [7, 11) is 1.74. The highest BCUT2D eigenvalue weighted by Crippen LogP contribution is 2.21. The molecule has 0 spiro atoms. The number of rotatable bonds is 3. The number of hydrogen-bond acceptors (Lipinski definition) is 5. The largest absolute Gasteiger partial charge is 0.378 e. The topological polar surface area (TPSA) is 54.9 Å². The van der Waals surface area contributed by atoms with Gasteiger partial charge in [-0.15, -0.1) is 24.0 Å². The fourth-order valence-electron chi connectivity index (χ4n) is 1.87. The van der Waals surface area contributed by atoms with Crippen molar-refractivity contribution in [3.8, 4) is 0 Å². The lowest BCUT2D eigenvalue weighted by molar-refractivity contribution is -0.0127. The first-order valence-corrected chi connectivity index (χ1v) is 5.42. The van der Waals surface area contributed by atoms with Crippen molar-refractivity contribution in [1.82, 2.24) is 10.6 Å². The fraction of sp³-hybridized carbons (Fsp3) is 0.900. The number of aliphatic imine (C=N–C) groups is 1. The molecule has 2 heterocycles. The Morgan fingerprint density at radius 1 is 1.69 bits per heavy atom. The molecular weight excluding hydrogens is 321 g/mol. The van der Waals surface area contributed by atoms with Gasteiger partial charge in [0, 0.05) is 32.7 Å². The molecule has 0 amide bonds. The zero-order valence-corrected chi connectivity index (χ0v) is 12.1. The molecule has 16 heavy (non-hydrogen) atoms. The van der Waals surface area contributed by atoms with E-state index in [4.69, 9.17) is 9.47 Å². The van der Waals surface area contributed by atoms with Crippen molar-refractivity contribution >= 4 is 29.9 Å². The number of guanidine groups is 1. The van der Waals surface area contributed by atoms with Gasteiger partial charge in [-0.3, -0.25) is 4.99 Å². The molecular formula is C10H20IN3O2. The molecule has 2 unspecified atom stereocenters. The maximum absolute atomic E-state index is 5.52. The van der Waals surface area contributed by atoms with Crippen molar-refractivity contribution in [1.29, 1.82) is 0 Å². The molecule has 0 saturated carbocycles. The van der Waals surface area contributed by atoms with Crippen LogP contribution in [0.3, 0.4) is 0 Å². The Balaban J connectivity index is 0.00000128. The van der Waals surface area contributed by atoms with Crippen LogP contribution in [0.5, 0.6) is 0 Å². The third kappa shape index (κ3) is 3.21. The van der Waals surface area contributed by atoms with E-state index in [1.165, 1.54) is 0 Å². The molecule has 0 aromatic carbocycles. The Labute approximate surface area is 113 Å². The van der Waals surface area contributed by atoms with E-state index in [0.29, 0.717) is 12.6 Å². The Morgan fingerprint density at radius 2 is 2.50 bits per heavy atom. The number of nitrogens with one attached hydrogen (secondary N) is 2. The van der Waals surface area contributed by atoms with E-state index < -0.39 is 0 Å². The Bertz CT molecular complexity index is 254. The summed E-state index contributed by atoms with van der Waals surface area (Å²) in [5.41, 5.74) is -0.171. The second kappa shape index (κ2) is 6.02. The molecule has 2 rings (SSSR count). The third-order valence-corrected chi connectivity index (χ3v) is 2.98. The summed E-state index contributed by atoms with van der Waals surface area (Å²) in [5.74, 6) is 0.880. The summed E-state index contributed by atoms with van der Waals surface area (Å²) < 4.78 is 10.9. The molecule has 1 saturated heterocycles. The lowest BCUT2D eigenvalue weighted by atomic mass is 10.0. The van der Waals surface area contributed by atoms with Gasteiger partial charge in [0.15, 0.2) is 5.96 Å². The summed E-state index contributed by atoms with van der Waals surface area (Å²) in [6.07, 6.45) is 0.944. The van der Waals surface area contributed by atoms with Crippen LogP contribution in [0.25, 0.3) is 0 Å². The van der Waals surface area contributed by atoms with Gasteiger partial charge in [-0.25, -0.2) is 0 Å². The third-order valence-electron chi connectivity index (χ3n) is 2.98. The summed E-state index contributed by atoms with van der Waals surface area (Å²) >= 11 is 0. The minimum Gasteiger partial charge on any atom is -0.378 e. The van der Waals surface area contributed by atoms with Crippen LogP contribution in [0.2, 0.25) is 0 Å². The SMILES string of the molecule is COC1(CNC2=NCC(C)N2)CCOC1.I. The van der Waals surface area contributed by atoms with Crippen molar-refractivity contribution < 1.29 is 9.47 Å². The molecule has 0 bridgehead atoms. The molecule has 94 valence electrons. The maximum atomic E-state index is 5.52. The molecule has 2 aliphatic heterocycles. The van der Waals surface area contributed by atoms with Gasteiger partial charge in [0.1, 0.15) is 5.60 Å². The Morgan fingerprint density at radius 3 is 3.00 bits per heavy atom. The monoisotopic (exact) mass is 341 g/mol. The average Bonchev–Trinajstić information content (AvgIpc) is 2.85. The van der Waals surface area contributed by atoms with Gasteiger partial charge in [-0.1, -0.05) is 0 Å². The summed E-state index contributed by atoms with van der Waals surface area (Å²) in [6.45, 7) is 5.16.